The number of rotatable bonds is 6. The predicted molar refractivity (Wildman–Crippen MR) is 140 cm³/mol. The van der Waals surface area contributed by atoms with E-state index < -0.39 is 4.92 Å². The lowest BCUT2D eigenvalue weighted by molar-refractivity contribution is -0.384. The first-order valence-electron chi connectivity index (χ1n) is 11.6. The second-order valence-electron chi connectivity index (χ2n) is 9.11. The monoisotopic (exact) mass is 503 g/mol. The molecule has 1 aromatic heterocycles. The molecule has 0 aliphatic heterocycles. The molecule has 2 aliphatic carbocycles. The fourth-order valence-corrected chi connectivity index (χ4v) is 5.13. The quantitative estimate of drug-likeness (QED) is 0.294. The van der Waals surface area contributed by atoms with E-state index in [9.17, 15) is 10.1 Å². The molecule has 182 valence electrons. The molecule has 3 N–H and O–H groups in total. The van der Waals surface area contributed by atoms with E-state index in [4.69, 9.17) is 33.8 Å². The fraction of sp³-hybridized carbons (Fsp3) is 0.522. The molecule has 1 aromatic carbocycles. The van der Waals surface area contributed by atoms with Crippen LogP contribution in [-0.4, -0.2) is 46.2 Å². The lowest BCUT2D eigenvalue weighted by Gasteiger charge is -2.31. The molecule has 0 spiro atoms. The summed E-state index contributed by atoms with van der Waals surface area (Å²) in [6, 6.07) is 4.85. The Kier molecular flexibility index (Phi) is 7.67. The van der Waals surface area contributed by atoms with Gasteiger partial charge in [0, 0.05) is 43.9 Å². The number of hydrogen-bond acceptors (Lipinski definition) is 7. The summed E-state index contributed by atoms with van der Waals surface area (Å²) in [5, 5.41) is 21.5. The van der Waals surface area contributed by atoms with E-state index in [-0.39, 0.29) is 16.8 Å². The van der Waals surface area contributed by atoms with Crippen LogP contribution in [0.2, 0.25) is 5.02 Å². The number of anilines is 3. The lowest BCUT2D eigenvalue weighted by atomic mass is 9.91. The average molecular weight is 504 g/mol. The Balaban J connectivity index is 1.30. The van der Waals surface area contributed by atoms with Crippen molar-refractivity contribution in [3.05, 3.63) is 44.6 Å². The molecule has 1 heterocycles. The van der Waals surface area contributed by atoms with E-state index >= 15 is 0 Å². The van der Waals surface area contributed by atoms with Crippen molar-refractivity contribution in [2.45, 2.75) is 63.5 Å². The largest absolute Gasteiger partial charge is 0.362 e. The minimum atomic E-state index is -0.477. The van der Waals surface area contributed by atoms with E-state index in [1.54, 1.807) is 6.07 Å². The third-order valence-corrected chi connectivity index (χ3v) is 6.92. The molecule has 0 unspecified atom stereocenters. The number of nitrogens with zero attached hydrogens (tertiary/aromatic N) is 4. The number of halogens is 1. The molecule has 2 aliphatic rings. The topological polar surface area (TPSA) is 108 Å². The van der Waals surface area contributed by atoms with Crippen molar-refractivity contribution in [1.29, 1.82) is 0 Å². The van der Waals surface area contributed by atoms with Gasteiger partial charge >= 0.3 is 0 Å². The molecule has 0 amide bonds. The van der Waals surface area contributed by atoms with Gasteiger partial charge in [-0.1, -0.05) is 11.6 Å². The van der Waals surface area contributed by atoms with Crippen molar-refractivity contribution in [1.82, 2.24) is 15.3 Å². The van der Waals surface area contributed by atoms with Gasteiger partial charge < -0.3 is 20.9 Å². The second-order valence-corrected chi connectivity index (χ2v) is 9.93. The van der Waals surface area contributed by atoms with Gasteiger partial charge in [0.05, 0.1) is 21.3 Å². The van der Waals surface area contributed by atoms with Crippen molar-refractivity contribution in [3.63, 3.8) is 0 Å². The Bertz CT molecular complexity index is 1070. The van der Waals surface area contributed by atoms with E-state index in [0.717, 1.165) is 50.3 Å². The zero-order chi connectivity index (χ0) is 24.2. The first-order valence-corrected chi connectivity index (χ1v) is 12.4. The van der Waals surface area contributed by atoms with Crippen molar-refractivity contribution in [2.24, 2.45) is 0 Å². The van der Waals surface area contributed by atoms with E-state index in [1.807, 2.05) is 14.1 Å². The van der Waals surface area contributed by atoms with Crippen LogP contribution < -0.4 is 20.9 Å². The zero-order valence-electron chi connectivity index (χ0n) is 19.4. The van der Waals surface area contributed by atoms with E-state index in [1.165, 1.54) is 36.2 Å². The molecular formula is C23H30ClN7O2S. The molecule has 11 heteroatoms. The standard InChI is InChI=1S/C23H30ClN7O2S/c1-30(2)21-17-5-3-4-6-19(17)27-22(29-21)25-14-7-9-15(10-8-14)26-23(34)28-20-12-11-16(31(32)33)13-18(20)24/h11-15H,3-10H2,1-2H3,(H,25,27,29)(H2,26,28,34). The number of nitro benzene ring substituents is 1. The van der Waals surface area contributed by atoms with Gasteiger partial charge in [0.1, 0.15) is 5.82 Å². The summed E-state index contributed by atoms with van der Waals surface area (Å²) in [6.07, 6.45) is 8.34. The highest BCUT2D eigenvalue weighted by Gasteiger charge is 2.24. The van der Waals surface area contributed by atoms with Crippen LogP contribution in [0.15, 0.2) is 18.2 Å². The first kappa shape index (κ1) is 24.4. The van der Waals surface area contributed by atoms with Crippen LogP contribution in [0.4, 0.5) is 23.1 Å². The number of benzene rings is 1. The highest BCUT2D eigenvalue weighted by molar-refractivity contribution is 7.80. The number of non-ortho nitro benzene ring substituents is 1. The predicted octanol–water partition coefficient (Wildman–Crippen LogP) is 4.69. The van der Waals surface area contributed by atoms with Gasteiger partial charge in [-0.15, -0.1) is 0 Å². The van der Waals surface area contributed by atoms with Gasteiger partial charge in [-0.3, -0.25) is 10.1 Å². The third-order valence-electron chi connectivity index (χ3n) is 6.39. The molecule has 1 fully saturated rings. The van der Waals surface area contributed by atoms with E-state index in [0.29, 0.717) is 16.8 Å². The molecule has 0 bridgehead atoms. The number of thiocarbonyl (C=S) groups is 1. The zero-order valence-corrected chi connectivity index (χ0v) is 21.0. The number of aryl methyl sites for hydroxylation is 1. The Morgan fingerprint density at radius 3 is 2.53 bits per heavy atom. The third kappa shape index (κ3) is 5.85. The van der Waals surface area contributed by atoms with Crippen molar-refractivity contribution >= 4 is 52.1 Å². The highest BCUT2D eigenvalue weighted by Crippen LogP contribution is 2.30. The molecule has 34 heavy (non-hydrogen) atoms. The molecular weight excluding hydrogens is 474 g/mol. The summed E-state index contributed by atoms with van der Waals surface area (Å²) in [7, 11) is 4.08. The van der Waals surface area contributed by atoms with Crippen molar-refractivity contribution < 1.29 is 4.92 Å². The van der Waals surface area contributed by atoms with Crippen LogP contribution in [0.25, 0.3) is 0 Å². The minimum Gasteiger partial charge on any atom is -0.362 e. The maximum atomic E-state index is 10.9. The first-order chi connectivity index (χ1) is 16.3. The Morgan fingerprint density at radius 2 is 1.85 bits per heavy atom. The number of nitrogens with one attached hydrogen (secondary N) is 3. The summed E-state index contributed by atoms with van der Waals surface area (Å²) in [5.41, 5.74) is 2.97. The SMILES string of the molecule is CN(C)c1nc(NC2CCC(NC(=S)Nc3ccc([N+](=O)[O-])cc3Cl)CC2)nc2c1CCCC2. The van der Waals surface area contributed by atoms with Crippen LogP contribution in [-0.2, 0) is 12.8 Å². The van der Waals surface area contributed by atoms with Gasteiger partial charge in [0.25, 0.3) is 5.69 Å². The number of nitro groups is 1. The van der Waals surface area contributed by atoms with Crippen LogP contribution in [0.5, 0.6) is 0 Å². The summed E-state index contributed by atoms with van der Waals surface area (Å²) >= 11 is 11.6. The summed E-state index contributed by atoms with van der Waals surface area (Å²) in [4.78, 5) is 22.1. The second kappa shape index (κ2) is 10.7. The van der Waals surface area contributed by atoms with Gasteiger partial charge in [-0.25, -0.2) is 4.98 Å². The van der Waals surface area contributed by atoms with Crippen LogP contribution in [0.3, 0.4) is 0 Å². The molecule has 0 radical (unpaired) electrons. The Labute approximate surface area is 209 Å². The number of fused-ring (bicyclic) bond motifs is 1. The smallest absolute Gasteiger partial charge is 0.271 e. The maximum Gasteiger partial charge on any atom is 0.271 e. The van der Waals surface area contributed by atoms with Crippen LogP contribution in [0, 0.1) is 10.1 Å². The lowest BCUT2D eigenvalue weighted by Crippen LogP contribution is -2.42. The minimum absolute atomic E-state index is 0.0548. The molecule has 1 saturated carbocycles. The summed E-state index contributed by atoms with van der Waals surface area (Å²) in [5.74, 6) is 1.76. The Hall–Kier alpha value is -2.72. The molecule has 9 nitrogen and oxygen atoms in total. The van der Waals surface area contributed by atoms with Gasteiger partial charge in [0.15, 0.2) is 5.11 Å². The van der Waals surface area contributed by atoms with Gasteiger partial charge in [0.2, 0.25) is 5.95 Å². The highest BCUT2D eigenvalue weighted by atomic mass is 35.5. The van der Waals surface area contributed by atoms with Gasteiger partial charge in [-0.05, 0) is 69.7 Å². The van der Waals surface area contributed by atoms with E-state index in [2.05, 4.69) is 20.9 Å². The fourth-order valence-electron chi connectivity index (χ4n) is 4.64. The number of aromatic nitrogens is 2. The molecule has 0 saturated heterocycles. The van der Waals surface area contributed by atoms with Crippen molar-refractivity contribution in [3.8, 4) is 0 Å². The normalized spacial score (nSPS) is 19.6. The number of hydrogen-bond donors (Lipinski definition) is 3. The van der Waals surface area contributed by atoms with Crippen molar-refractivity contribution in [2.75, 3.05) is 29.6 Å². The molecule has 2 aromatic rings. The summed E-state index contributed by atoms with van der Waals surface area (Å²) in [6.45, 7) is 0. The average Bonchev–Trinajstić information content (AvgIpc) is 2.81. The molecule has 4 rings (SSSR count). The maximum absolute atomic E-state index is 10.9. The molecule has 0 atom stereocenters. The van der Waals surface area contributed by atoms with Crippen LogP contribution >= 0.6 is 23.8 Å². The van der Waals surface area contributed by atoms with Gasteiger partial charge in [-0.2, -0.15) is 4.98 Å². The summed E-state index contributed by atoms with van der Waals surface area (Å²) < 4.78 is 0. The Morgan fingerprint density at radius 1 is 1.15 bits per heavy atom. The van der Waals surface area contributed by atoms with Crippen LogP contribution in [0.1, 0.15) is 49.8 Å².